The van der Waals surface area contributed by atoms with Crippen LogP contribution in [-0.4, -0.2) is 30.8 Å². The van der Waals surface area contributed by atoms with Crippen LogP contribution in [0.5, 0.6) is 0 Å². The van der Waals surface area contributed by atoms with Crippen LogP contribution in [0.4, 0.5) is 23.7 Å². The van der Waals surface area contributed by atoms with Crippen LogP contribution in [0.2, 0.25) is 0 Å². The van der Waals surface area contributed by atoms with E-state index in [0.717, 1.165) is 12.8 Å². The molecule has 1 aliphatic heterocycles. The number of nitrogens with one attached hydrogen (secondary N) is 3. The standard InChI is InChI=1S/C13H16F3N3O3/c14-13(15,16)9-4-10(11(20)17-6-9)19-12(21)18-5-8-2-1-3-22-7-8/h4,6,8H,1-3,5,7H2,(H,17,20)(H2,18,19,21)/t8-/m0/s1. The van der Waals surface area contributed by atoms with Crippen molar-refractivity contribution in [1.29, 1.82) is 0 Å². The maximum Gasteiger partial charge on any atom is 0.417 e. The number of halogens is 3. The smallest absolute Gasteiger partial charge is 0.381 e. The molecule has 0 radical (unpaired) electrons. The third kappa shape index (κ3) is 4.48. The number of ether oxygens (including phenoxy) is 1. The van der Waals surface area contributed by atoms with Crippen molar-refractivity contribution in [1.82, 2.24) is 10.3 Å². The van der Waals surface area contributed by atoms with Crippen LogP contribution in [0.3, 0.4) is 0 Å². The summed E-state index contributed by atoms with van der Waals surface area (Å²) < 4.78 is 42.9. The fourth-order valence-corrected chi connectivity index (χ4v) is 2.11. The van der Waals surface area contributed by atoms with Gasteiger partial charge in [0.25, 0.3) is 5.56 Å². The summed E-state index contributed by atoms with van der Waals surface area (Å²) in [4.78, 5) is 25.1. The predicted octanol–water partition coefficient (Wildman–Crippen LogP) is 1.94. The largest absolute Gasteiger partial charge is 0.417 e. The normalized spacial score (nSPS) is 18.8. The number of anilines is 1. The molecule has 22 heavy (non-hydrogen) atoms. The molecule has 3 N–H and O–H groups in total. The van der Waals surface area contributed by atoms with E-state index in [9.17, 15) is 22.8 Å². The molecule has 0 saturated carbocycles. The molecule has 1 saturated heterocycles. The topological polar surface area (TPSA) is 83.2 Å². The summed E-state index contributed by atoms with van der Waals surface area (Å²) in [6, 6.07) is -0.127. The van der Waals surface area contributed by atoms with Crippen molar-refractivity contribution >= 4 is 11.7 Å². The Morgan fingerprint density at radius 2 is 2.23 bits per heavy atom. The molecule has 2 amide bonds. The van der Waals surface area contributed by atoms with Gasteiger partial charge in [0.15, 0.2) is 0 Å². The van der Waals surface area contributed by atoms with Gasteiger partial charge in [-0.25, -0.2) is 4.79 Å². The van der Waals surface area contributed by atoms with Gasteiger partial charge in [-0.15, -0.1) is 0 Å². The predicted molar refractivity (Wildman–Crippen MR) is 72.6 cm³/mol. The van der Waals surface area contributed by atoms with Gasteiger partial charge < -0.3 is 20.4 Å². The zero-order chi connectivity index (χ0) is 16.2. The fourth-order valence-electron chi connectivity index (χ4n) is 2.11. The number of alkyl halides is 3. The highest BCUT2D eigenvalue weighted by Gasteiger charge is 2.31. The molecule has 1 aliphatic rings. The van der Waals surface area contributed by atoms with Crippen LogP contribution in [-0.2, 0) is 10.9 Å². The lowest BCUT2D eigenvalue weighted by Crippen LogP contribution is -2.37. The molecule has 2 rings (SSSR count). The van der Waals surface area contributed by atoms with Crippen molar-refractivity contribution in [3.8, 4) is 0 Å². The van der Waals surface area contributed by atoms with Crippen molar-refractivity contribution < 1.29 is 22.7 Å². The van der Waals surface area contributed by atoms with Crippen LogP contribution in [0, 0.1) is 5.92 Å². The molecule has 1 aromatic rings. The number of carbonyl (C=O) groups excluding carboxylic acids is 1. The number of rotatable bonds is 3. The average molecular weight is 319 g/mol. The summed E-state index contributed by atoms with van der Waals surface area (Å²) in [6.07, 6.45) is -2.23. The number of aromatic nitrogens is 1. The number of urea groups is 1. The Balaban J connectivity index is 1.94. The lowest BCUT2D eigenvalue weighted by atomic mass is 10.0. The summed E-state index contributed by atoms with van der Waals surface area (Å²) in [5.41, 5.74) is -2.29. The highest BCUT2D eigenvalue weighted by atomic mass is 19.4. The zero-order valence-corrected chi connectivity index (χ0v) is 11.6. The SMILES string of the molecule is O=C(NC[C@@H]1CCCOC1)Nc1cc(C(F)(F)F)c[nH]c1=O. The van der Waals surface area contributed by atoms with E-state index < -0.39 is 29.0 Å². The molecule has 0 aliphatic carbocycles. The minimum absolute atomic E-state index is 0.166. The van der Waals surface area contributed by atoms with E-state index in [1.807, 2.05) is 4.98 Å². The Morgan fingerprint density at radius 1 is 1.45 bits per heavy atom. The molecule has 9 heteroatoms. The number of H-pyrrole nitrogens is 1. The fraction of sp³-hybridized carbons (Fsp3) is 0.538. The van der Waals surface area contributed by atoms with Gasteiger partial charge in [-0.3, -0.25) is 4.79 Å². The first kappa shape index (κ1) is 16.3. The second kappa shape index (κ2) is 6.82. The van der Waals surface area contributed by atoms with Crippen LogP contribution in [0.1, 0.15) is 18.4 Å². The van der Waals surface area contributed by atoms with Gasteiger partial charge in [-0.1, -0.05) is 0 Å². The van der Waals surface area contributed by atoms with Gasteiger partial charge in [-0.2, -0.15) is 13.2 Å². The maximum atomic E-state index is 12.6. The Morgan fingerprint density at radius 3 is 2.86 bits per heavy atom. The maximum absolute atomic E-state index is 12.6. The number of pyridine rings is 1. The lowest BCUT2D eigenvalue weighted by Gasteiger charge is -2.22. The second-order valence-electron chi connectivity index (χ2n) is 5.05. The van der Waals surface area contributed by atoms with E-state index in [0.29, 0.717) is 32.0 Å². The quantitative estimate of drug-likeness (QED) is 0.796. The highest BCUT2D eigenvalue weighted by Crippen LogP contribution is 2.29. The van der Waals surface area contributed by atoms with E-state index in [-0.39, 0.29) is 5.92 Å². The summed E-state index contributed by atoms with van der Waals surface area (Å²) >= 11 is 0. The molecule has 2 heterocycles. The molecular weight excluding hydrogens is 303 g/mol. The van der Waals surface area contributed by atoms with Crippen LogP contribution >= 0.6 is 0 Å². The second-order valence-corrected chi connectivity index (χ2v) is 5.05. The third-order valence-electron chi connectivity index (χ3n) is 3.28. The Kier molecular flexibility index (Phi) is 5.07. The summed E-state index contributed by atoms with van der Waals surface area (Å²) in [7, 11) is 0. The van der Waals surface area contributed by atoms with Gasteiger partial charge in [0.05, 0.1) is 12.2 Å². The Hall–Kier alpha value is -2.03. The van der Waals surface area contributed by atoms with Crippen LogP contribution in [0.15, 0.2) is 17.1 Å². The molecular formula is C13H16F3N3O3. The minimum Gasteiger partial charge on any atom is -0.381 e. The summed E-state index contributed by atoms with van der Waals surface area (Å²) in [5.74, 6) is 0.166. The van der Waals surface area contributed by atoms with Gasteiger partial charge in [0.1, 0.15) is 5.69 Å². The number of amides is 2. The molecule has 0 bridgehead atoms. The number of hydrogen-bond donors (Lipinski definition) is 3. The monoisotopic (exact) mass is 319 g/mol. The first-order valence-corrected chi connectivity index (χ1v) is 6.79. The van der Waals surface area contributed by atoms with Crippen LogP contribution < -0.4 is 16.2 Å². The average Bonchev–Trinajstić information content (AvgIpc) is 2.47. The van der Waals surface area contributed by atoms with E-state index in [2.05, 4.69) is 10.6 Å². The Labute approximate surface area is 124 Å². The highest BCUT2D eigenvalue weighted by molar-refractivity contribution is 5.89. The molecule has 1 fully saturated rings. The molecule has 0 spiro atoms. The minimum atomic E-state index is -4.60. The third-order valence-corrected chi connectivity index (χ3v) is 3.28. The molecule has 1 atom stereocenters. The summed E-state index contributed by atoms with van der Waals surface area (Å²) in [6.45, 7) is 1.56. The first-order chi connectivity index (χ1) is 10.4. The Bertz CT molecular complexity index is 580. The molecule has 0 aromatic carbocycles. The molecule has 1 aromatic heterocycles. The zero-order valence-electron chi connectivity index (χ0n) is 11.6. The van der Waals surface area contributed by atoms with Gasteiger partial charge in [0.2, 0.25) is 0 Å². The van der Waals surface area contributed by atoms with Crippen molar-refractivity contribution in [3.05, 3.63) is 28.2 Å². The number of aromatic amines is 1. The van der Waals surface area contributed by atoms with Gasteiger partial charge in [-0.05, 0) is 24.8 Å². The molecule has 6 nitrogen and oxygen atoms in total. The van der Waals surface area contributed by atoms with Gasteiger partial charge in [0, 0.05) is 19.3 Å². The lowest BCUT2D eigenvalue weighted by molar-refractivity contribution is -0.137. The van der Waals surface area contributed by atoms with Gasteiger partial charge >= 0.3 is 12.2 Å². The first-order valence-electron chi connectivity index (χ1n) is 6.79. The van der Waals surface area contributed by atoms with E-state index in [1.165, 1.54) is 0 Å². The van der Waals surface area contributed by atoms with E-state index in [4.69, 9.17) is 4.74 Å². The molecule has 0 unspecified atom stereocenters. The molecule has 122 valence electrons. The van der Waals surface area contributed by atoms with Crippen LogP contribution in [0.25, 0.3) is 0 Å². The van der Waals surface area contributed by atoms with Crippen molar-refractivity contribution in [2.24, 2.45) is 5.92 Å². The van der Waals surface area contributed by atoms with Crippen molar-refractivity contribution in [2.75, 3.05) is 25.1 Å². The number of hydrogen-bond acceptors (Lipinski definition) is 3. The van der Waals surface area contributed by atoms with E-state index in [1.54, 1.807) is 0 Å². The van der Waals surface area contributed by atoms with Crippen molar-refractivity contribution in [2.45, 2.75) is 19.0 Å². The van der Waals surface area contributed by atoms with E-state index >= 15 is 0 Å². The van der Waals surface area contributed by atoms with Crippen molar-refractivity contribution in [3.63, 3.8) is 0 Å². The number of carbonyl (C=O) groups is 1. The summed E-state index contributed by atoms with van der Waals surface area (Å²) in [5, 5.41) is 4.65.